The van der Waals surface area contributed by atoms with E-state index in [1.165, 1.54) is 12.1 Å². The predicted molar refractivity (Wildman–Crippen MR) is 70.5 cm³/mol. The van der Waals surface area contributed by atoms with Gasteiger partial charge in [-0.25, -0.2) is 4.98 Å². The van der Waals surface area contributed by atoms with E-state index < -0.39 is 11.9 Å². The van der Waals surface area contributed by atoms with Crippen molar-refractivity contribution < 1.29 is 14.7 Å². The number of pyridine rings is 1. The van der Waals surface area contributed by atoms with Gasteiger partial charge in [-0.3, -0.25) is 9.59 Å². The van der Waals surface area contributed by atoms with Gasteiger partial charge in [0.1, 0.15) is 10.8 Å². The van der Waals surface area contributed by atoms with E-state index in [-0.39, 0.29) is 34.3 Å². The predicted octanol–water partition coefficient (Wildman–Crippen LogP) is 2.37. The van der Waals surface area contributed by atoms with Gasteiger partial charge < -0.3 is 10.4 Å². The Morgan fingerprint density at radius 2 is 2.11 bits per heavy atom. The number of nitrogens with zero attached hydrogens (tertiary/aromatic N) is 1. The van der Waals surface area contributed by atoms with Crippen LogP contribution in [0.2, 0.25) is 10.2 Å². The van der Waals surface area contributed by atoms with Crippen molar-refractivity contribution in [1.29, 1.82) is 0 Å². The molecule has 1 heterocycles. The zero-order valence-electron chi connectivity index (χ0n) is 9.90. The van der Waals surface area contributed by atoms with E-state index in [9.17, 15) is 9.59 Å². The van der Waals surface area contributed by atoms with Crippen LogP contribution in [-0.2, 0) is 4.79 Å². The summed E-state index contributed by atoms with van der Waals surface area (Å²) in [5, 5.41) is 11.8. The van der Waals surface area contributed by atoms with Crippen LogP contribution >= 0.6 is 23.2 Å². The molecular formula is C12H12Cl2N2O3. The van der Waals surface area contributed by atoms with Crippen molar-refractivity contribution in [2.75, 3.05) is 0 Å². The van der Waals surface area contributed by atoms with Gasteiger partial charge in [-0.1, -0.05) is 23.2 Å². The number of carbonyl (C=O) groups is 2. The van der Waals surface area contributed by atoms with Crippen molar-refractivity contribution in [3.8, 4) is 0 Å². The first-order chi connectivity index (χ1) is 8.97. The summed E-state index contributed by atoms with van der Waals surface area (Å²) in [7, 11) is 0. The average Bonchev–Trinajstić information content (AvgIpc) is 3.14. The van der Waals surface area contributed by atoms with Gasteiger partial charge in [0, 0.05) is 6.04 Å². The first-order valence-electron chi connectivity index (χ1n) is 5.82. The van der Waals surface area contributed by atoms with E-state index in [0.717, 1.165) is 12.8 Å². The van der Waals surface area contributed by atoms with E-state index in [0.29, 0.717) is 0 Å². The zero-order chi connectivity index (χ0) is 14.0. The number of aliphatic carboxylic acids is 1. The molecular weight excluding hydrogens is 291 g/mol. The molecule has 2 rings (SSSR count). The number of hydrogen-bond acceptors (Lipinski definition) is 3. The minimum Gasteiger partial charge on any atom is -0.481 e. The molecule has 19 heavy (non-hydrogen) atoms. The van der Waals surface area contributed by atoms with Crippen LogP contribution in [0.15, 0.2) is 12.1 Å². The van der Waals surface area contributed by atoms with Gasteiger partial charge in [0.25, 0.3) is 5.91 Å². The molecule has 1 aromatic heterocycles. The number of rotatable bonds is 5. The molecule has 0 spiro atoms. The highest BCUT2D eigenvalue weighted by Crippen LogP contribution is 2.34. The lowest BCUT2D eigenvalue weighted by atomic mass is 10.1. The molecule has 7 heteroatoms. The Morgan fingerprint density at radius 3 is 2.68 bits per heavy atom. The van der Waals surface area contributed by atoms with Crippen LogP contribution in [0.1, 0.15) is 29.8 Å². The molecule has 1 fully saturated rings. The molecule has 1 aliphatic carbocycles. The summed E-state index contributed by atoms with van der Waals surface area (Å²) in [5.41, 5.74) is 0.0187. The van der Waals surface area contributed by atoms with Gasteiger partial charge in [-0.15, -0.1) is 0 Å². The van der Waals surface area contributed by atoms with Crippen LogP contribution in [0, 0.1) is 5.92 Å². The largest absolute Gasteiger partial charge is 0.481 e. The molecule has 1 amide bonds. The number of carbonyl (C=O) groups excluding carboxylic acids is 1. The monoisotopic (exact) mass is 302 g/mol. The lowest BCUT2D eigenvalue weighted by Crippen LogP contribution is -2.38. The van der Waals surface area contributed by atoms with Crippen LogP contribution < -0.4 is 5.32 Å². The summed E-state index contributed by atoms with van der Waals surface area (Å²) in [5.74, 6) is -1.22. The highest BCUT2D eigenvalue weighted by atomic mass is 35.5. The van der Waals surface area contributed by atoms with E-state index in [2.05, 4.69) is 10.3 Å². The Balaban J connectivity index is 2.10. The third-order valence-electron chi connectivity index (χ3n) is 2.93. The first-order valence-corrected chi connectivity index (χ1v) is 6.57. The van der Waals surface area contributed by atoms with E-state index in [1.807, 2.05) is 0 Å². The van der Waals surface area contributed by atoms with Crippen LogP contribution in [0.4, 0.5) is 0 Å². The Hall–Kier alpha value is -1.33. The van der Waals surface area contributed by atoms with Crippen molar-refractivity contribution in [3.63, 3.8) is 0 Å². The molecule has 0 radical (unpaired) electrons. The second-order valence-electron chi connectivity index (χ2n) is 4.48. The molecule has 0 aromatic carbocycles. The molecule has 0 bridgehead atoms. The number of aromatic nitrogens is 1. The molecule has 1 atom stereocenters. The maximum Gasteiger partial charge on any atom is 0.305 e. The fraction of sp³-hybridized carbons (Fsp3) is 0.417. The number of nitrogens with one attached hydrogen (secondary N) is 1. The minimum atomic E-state index is -0.942. The summed E-state index contributed by atoms with van der Waals surface area (Å²) < 4.78 is 0. The van der Waals surface area contributed by atoms with Crippen molar-refractivity contribution in [2.45, 2.75) is 25.3 Å². The van der Waals surface area contributed by atoms with Gasteiger partial charge in [-0.05, 0) is 30.9 Å². The van der Waals surface area contributed by atoms with Gasteiger partial charge in [-0.2, -0.15) is 0 Å². The third kappa shape index (κ3) is 3.81. The van der Waals surface area contributed by atoms with Crippen LogP contribution in [0.3, 0.4) is 0 Å². The second-order valence-corrected chi connectivity index (χ2v) is 5.27. The summed E-state index contributed by atoms with van der Waals surface area (Å²) in [6, 6.07) is 2.58. The Labute approximate surface area is 119 Å². The molecule has 1 saturated carbocycles. The smallest absolute Gasteiger partial charge is 0.305 e. The Morgan fingerprint density at radius 1 is 1.42 bits per heavy atom. The minimum absolute atomic E-state index is 0.0187. The quantitative estimate of drug-likeness (QED) is 0.818. The maximum absolute atomic E-state index is 12.0. The SMILES string of the molecule is O=C(O)CC(NC(=O)c1nc(Cl)ccc1Cl)C1CC1. The summed E-state index contributed by atoms with van der Waals surface area (Å²) in [6.45, 7) is 0. The highest BCUT2D eigenvalue weighted by molar-refractivity contribution is 6.34. The fourth-order valence-electron chi connectivity index (χ4n) is 1.84. The van der Waals surface area contributed by atoms with Gasteiger partial charge >= 0.3 is 5.97 Å². The third-order valence-corrected chi connectivity index (χ3v) is 3.44. The second kappa shape index (κ2) is 5.75. The van der Waals surface area contributed by atoms with Gasteiger partial charge in [0.2, 0.25) is 0 Å². The topological polar surface area (TPSA) is 79.3 Å². The Bertz CT molecular complexity index is 518. The fourth-order valence-corrected chi connectivity index (χ4v) is 2.18. The first kappa shape index (κ1) is 14.1. The van der Waals surface area contributed by atoms with Crippen LogP contribution in [-0.4, -0.2) is 28.0 Å². The Kier molecular flexibility index (Phi) is 4.27. The van der Waals surface area contributed by atoms with Crippen molar-refractivity contribution in [1.82, 2.24) is 10.3 Å². The number of carboxylic acid groups (broad SMARTS) is 1. The summed E-state index contributed by atoms with van der Waals surface area (Å²) in [4.78, 5) is 26.7. The maximum atomic E-state index is 12.0. The number of carboxylic acids is 1. The van der Waals surface area contributed by atoms with Crippen LogP contribution in [0.25, 0.3) is 0 Å². The van der Waals surface area contributed by atoms with Crippen LogP contribution in [0.5, 0.6) is 0 Å². The van der Waals surface area contributed by atoms with Gasteiger partial charge in [0.05, 0.1) is 11.4 Å². The zero-order valence-corrected chi connectivity index (χ0v) is 11.4. The van der Waals surface area contributed by atoms with Crippen molar-refractivity contribution in [3.05, 3.63) is 28.0 Å². The molecule has 1 unspecified atom stereocenters. The van der Waals surface area contributed by atoms with Crippen molar-refractivity contribution in [2.24, 2.45) is 5.92 Å². The molecule has 1 aliphatic rings. The van der Waals surface area contributed by atoms with E-state index in [1.54, 1.807) is 0 Å². The lowest BCUT2D eigenvalue weighted by Gasteiger charge is -2.16. The molecule has 5 nitrogen and oxygen atoms in total. The number of amides is 1. The highest BCUT2D eigenvalue weighted by Gasteiger charge is 2.34. The van der Waals surface area contributed by atoms with E-state index in [4.69, 9.17) is 28.3 Å². The molecule has 2 N–H and O–H groups in total. The summed E-state index contributed by atoms with van der Waals surface area (Å²) in [6.07, 6.45) is 1.75. The van der Waals surface area contributed by atoms with Crippen molar-refractivity contribution >= 4 is 35.1 Å². The molecule has 1 aromatic rings. The summed E-state index contributed by atoms with van der Waals surface area (Å²) >= 11 is 11.6. The molecule has 0 aliphatic heterocycles. The number of hydrogen-bond donors (Lipinski definition) is 2. The lowest BCUT2D eigenvalue weighted by molar-refractivity contribution is -0.137. The molecule has 0 saturated heterocycles. The van der Waals surface area contributed by atoms with E-state index >= 15 is 0 Å². The average molecular weight is 303 g/mol. The van der Waals surface area contributed by atoms with Gasteiger partial charge in [0.15, 0.2) is 0 Å². The number of halogens is 2. The molecule has 102 valence electrons. The normalized spacial score (nSPS) is 15.9. The standard InChI is InChI=1S/C12H12Cl2N2O3/c13-7-3-4-9(14)16-11(7)12(19)15-8(5-10(17)18)6-1-2-6/h3-4,6,8H,1-2,5H2,(H,15,19)(H,17,18).